The lowest BCUT2D eigenvalue weighted by Gasteiger charge is -2.07. The van der Waals surface area contributed by atoms with Crippen molar-refractivity contribution in [3.63, 3.8) is 0 Å². The van der Waals surface area contributed by atoms with Crippen LogP contribution in [0.1, 0.15) is 5.69 Å². The summed E-state index contributed by atoms with van der Waals surface area (Å²) in [6.07, 6.45) is 0. The molecule has 2 nitrogen and oxygen atoms in total. The van der Waals surface area contributed by atoms with E-state index >= 15 is 0 Å². The van der Waals surface area contributed by atoms with Crippen molar-refractivity contribution >= 4 is 21.9 Å². The molecule has 2 aromatic carbocycles. The van der Waals surface area contributed by atoms with E-state index in [1.165, 1.54) is 0 Å². The topological polar surface area (TPSA) is 22.0 Å². The van der Waals surface area contributed by atoms with E-state index in [0.717, 1.165) is 21.5 Å². The molecule has 0 N–H and O–H groups in total. The first-order chi connectivity index (χ1) is 8.77. The Morgan fingerprint density at radius 2 is 1.61 bits per heavy atom. The van der Waals surface area contributed by atoms with E-state index in [0.29, 0.717) is 0 Å². The molecule has 0 aliphatic rings. The van der Waals surface area contributed by atoms with Gasteiger partial charge in [-0.25, -0.2) is 4.21 Å². The average molecular weight is 255 g/mol. The van der Waals surface area contributed by atoms with Crippen molar-refractivity contribution in [1.29, 1.82) is 0 Å². The van der Waals surface area contributed by atoms with Gasteiger partial charge in [-0.05, 0) is 31.2 Å². The van der Waals surface area contributed by atoms with Crippen LogP contribution < -0.4 is 0 Å². The monoisotopic (exact) mass is 255 g/mol. The van der Waals surface area contributed by atoms with Crippen molar-refractivity contribution in [2.45, 2.75) is 11.8 Å². The Labute approximate surface area is 108 Å². The highest BCUT2D eigenvalue weighted by Gasteiger charge is 2.12. The lowest BCUT2D eigenvalue weighted by Crippen LogP contribution is -2.06. The first-order valence-corrected chi connectivity index (χ1v) is 6.92. The molecular weight excluding hydrogens is 242 g/mol. The number of aromatic nitrogens is 1. The van der Waals surface area contributed by atoms with Crippen LogP contribution in [0, 0.1) is 6.92 Å². The SMILES string of the molecule is Cc1cc2ccccc2n1S(=O)c1ccccc1. The van der Waals surface area contributed by atoms with Gasteiger partial charge in [-0.15, -0.1) is 0 Å². The van der Waals surface area contributed by atoms with Crippen LogP contribution >= 0.6 is 0 Å². The summed E-state index contributed by atoms with van der Waals surface area (Å²) in [6.45, 7) is 1.99. The van der Waals surface area contributed by atoms with Gasteiger partial charge in [-0.3, -0.25) is 3.97 Å². The Balaban J connectivity index is 2.21. The van der Waals surface area contributed by atoms with E-state index in [4.69, 9.17) is 0 Å². The molecule has 3 aromatic rings. The number of para-hydroxylation sites is 1. The van der Waals surface area contributed by atoms with Gasteiger partial charge in [0.15, 0.2) is 11.0 Å². The van der Waals surface area contributed by atoms with Gasteiger partial charge in [0.05, 0.1) is 10.4 Å². The van der Waals surface area contributed by atoms with E-state index < -0.39 is 11.0 Å². The highest BCUT2D eigenvalue weighted by atomic mass is 32.2. The van der Waals surface area contributed by atoms with Crippen LogP contribution in [0.5, 0.6) is 0 Å². The molecular formula is C15H13NOS. The molecule has 0 saturated heterocycles. The third-order valence-electron chi connectivity index (χ3n) is 2.95. The first-order valence-electron chi connectivity index (χ1n) is 5.82. The molecule has 0 fully saturated rings. The van der Waals surface area contributed by atoms with Crippen LogP contribution in [0.4, 0.5) is 0 Å². The predicted molar refractivity (Wildman–Crippen MR) is 74.9 cm³/mol. The molecule has 90 valence electrons. The molecule has 18 heavy (non-hydrogen) atoms. The summed E-state index contributed by atoms with van der Waals surface area (Å²) in [6, 6.07) is 19.6. The molecule has 3 heteroatoms. The fourth-order valence-corrected chi connectivity index (χ4v) is 3.39. The minimum absolute atomic E-state index is 0.821. The minimum atomic E-state index is -1.19. The molecule has 0 radical (unpaired) electrons. The Kier molecular flexibility index (Phi) is 2.76. The summed E-state index contributed by atoms with van der Waals surface area (Å²) in [5.41, 5.74) is 2.02. The minimum Gasteiger partial charge on any atom is -0.260 e. The number of aryl methyl sites for hydroxylation is 1. The van der Waals surface area contributed by atoms with Crippen molar-refractivity contribution in [2.24, 2.45) is 0 Å². The highest BCUT2D eigenvalue weighted by molar-refractivity contribution is 7.83. The summed E-state index contributed by atoms with van der Waals surface area (Å²) >= 11 is 0. The molecule has 0 amide bonds. The molecule has 3 rings (SSSR count). The van der Waals surface area contributed by atoms with Crippen LogP contribution in [-0.2, 0) is 11.0 Å². The molecule has 1 heterocycles. The third-order valence-corrected chi connectivity index (χ3v) is 4.44. The van der Waals surface area contributed by atoms with Gasteiger partial charge in [0.25, 0.3) is 0 Å². The van der Waals surface area contributed by atoms with Crippen molar-refractivity contribution < 1.29 is 4.21 Å². The Hall–Kier alpha value is -1.87. The number of hydrogen-bond acceptors (Lipinski definition) is 1. The predicted octanol–water partition coefficient (Wildman–Crippen LogP) is 3.52. The van der Waals surface area contributed by atoms with Gasteiger partial charge in [0.2, 0.25) is 0 Å². The van der Waals surface area contributed by atoms with Crippen molar-refractivity contribution in [3.05, 3.63) is 66.4 Å². The fourth-order valence-electron chi connectivity index (χ4n) is 2.13. The number of rotatable bonds is 2. The van der Waals surface area contributed by atoms with E-state index in [9.17, 15) is 4.21 Å². The van der Waals surface area contributed by atoms with Gasteiger partial charge in [0, 0.05) is 11.1 Å². The second kappa shape index (κ2) is 4.42. The smallest absolute Gasteiger partial charge is 0.157 e. The van der Waals surface area contributed by atoms with Gasteiger partial charge in [0.1, 0.15) is 0 Å². The maximum Gasteiger partial charge on any atom is 0.157 e. The maximum atomic E-state index is 12.6. The maximum absolute atomic E-state index is 12.6. The lowest BCUT2D eigenvalue weighted by atomic mass is 10.2. The number of benzene rings is 2. The number of hydrogen-bond donors (Lipinski definition) is 0. The Morgan fingerprint density at radius 3 is 2.39 bits per heavy atom. The molecule has 1 aromatic heterocycles. The normalized spacial score (nSPS) is 12.7. The van der Waals surface area contributed by atoms with Crippen LogP contribution in [0.3, 0.4) is 0 Å². The molecule has 0 saturated carbocycles. The zero-order valence-electron chi connectivity index (χ0n) is 10.0. The Morgan fingerprint density at radius 1 is 0.944 bits per heavy atom. The van der Waals surface area contributed by atoms with Crippen LogP contribution in [0.15, 0.2) is 65.6 Å². The highest BCUT2D eigenvalue weighted by Crippen LogP contribution is 2.22. The Bertz CT molecular complexity index is 716. The van der Waals surface area contributed by atoms with E-state index in [1.807, 2.05) is 65.5 Å². The molecule has 1 unspecified atom stereocenters. The van der Waals surface area contributed by atoms with E-state index in [2.05, 4.69) is 6.07 Å². The van der Waals surface area contributed by atoms with E-state index in [-0.39, 0.29) is 0 Å². The van der Waals surface area contributed by atoms with Crippen molar-refractivity contribution in [2.75, 3.05) is 0 Å². The molecule has 0 spiro atoms. The van der Waals surface area contributed by atoms with Crippen LogP contribution in [-0.4, -0.2) is 8.18 Å². The largest absolute Gasteiger partial charge is 0.260 e. The second-order valence-electron chi connectivity index (χ2n) is 4.20. The summed E-state index contributed by atoms with van der Waals surface area (Å²) in [5.74, 6) is 0. The number of nitrogens with zero attached hydrogens (tertiary/aromatic N) is 1. The molecule has 0 bridgehead atoms. The summed E-state index contributed by atoms with van der Waals surface area (Å²) < 4.78 is 14.5. The second-order valence-corrected chi connectivity index (χ2v) is 5.54. The lowest BCUT2D eigenvalue weighted by molar-refractivity contribution is 0.677. The van der Waals surface area contributed by atoms with Gasteiger partial charge in [-0.2, -0.15) is 0 Å². The molecule has 1 atom stereocenters. The van der Waals surface area contributed by atoms with Crippen LogP contribution in [0.25, 0.3) is 10.9 Å². The fraction of sp³-hybridized carbons (Fsp3) is 0.0667. The average Bonchev–Trinajstić information content (AvgIpc) is 2.75. The zero-order valence-corrected chi connectivity index (χ0v) is 10.9. The van der Waals surface area contributed by atoms with Crippen LogP contribution in [0.2, 0.25) is 0 Å². The van der Waals surface area contributed by atoms with Crippen molar-refractivity contribution in [1.82, 2.24) is 3.97 Å². The molecule has 0 aliphatic carbocycles. The third kappa shape index (κ3) is 1.77. The summed E-state index contributed by atoms with van der Waals surface area (Å²) in [4.78, 5) is 0.821. The van der Waals surface area contributed by atoms with Gasteiger partial charge >= 0.3 is 0 Å². The van der Waals surface area contributed by atoms with Gasteiger partial charge < -0.3 is 0 Å². The quantitative estimate of drug-likeness (QED) is 0.686. The van der Waals surface area contributed by atoms with Crippen molar-refractivity contribution in [3.8, 4) is 0 Å². The number of fused-ring (bicyclic) bond motifs is 1. The summed E-state index contributed by atoms with van der Waals surface area (Å²) in [7, 11) is -1.19. The van der Waals surface area contributed by atoms with E-state index in [1.54, 1.807) is 0 Å². The first kappa shape index (κ1) is 11.2. The van der Waals surface area contributed by atoms with Gasteiger partial charge in [-0.1, -0.05) is 36.4 Å². The zero-order chi connectivity index (χ0) is 12.5. The molecule has 0 aliphatic heterocycles. The standard InChI is InChI=1S/C15H13NOS/c1-12-11-13-7-5-6-10-15(13)16(12)18(17)14-8-3-2-4-9-14/h2-11H,1H3. The summed E-state index contributed by atoms with van der Waals surface area (Å²) in [5, 5.41) is 1.12.